The third kappa shape index (κ3) is 2.74. The van der Waals surface area contributed by atoms with Crippen LogP contribution in [0.4, 0.5) is 0 Å². The van der Waals surface area contributed by atoms with Gasteiger partial charge in [0.15, 0.2) is 11.5 Å². The predicted molar refractivity (Wildman–Crippen MR) is 67.9 cm³/mol. The first-order valence-electron chi connectivity index (χ1n) is 5.43. The van der Waals surface area contributed by atoms with Crippen molar-refractivity contribution in [1.29, 1.82) is 0 Å². The van der Waals surface area contributed by atoms with Gasteiger partial charge in [-0.15, -0.1) is 12.3 Å². The lowest BCUT2D eigenvalue weighted by molar-refractivity contribution is 0.163. The molecule has 4 heteroatoms. The summed E-state index contributed by atoms with van der Waals surface area (Å²) >= 11 is 3.40. The molecule has 1 atom stereocenters. The highest BCUT2D eigenvalue weighted by molar-refractivity contribution is 9.10. The lowest BCUT2D eigenvalue weighted by atomic mass is 10.0. The van der Waals surface area contributed by atoms with Crippen LogP contribution in [0.2, 0.25) is 0 Å². The van der Waals surface area contributed by atoms with Gasteiger partial charge in [-0.2, -0.15) is 0 Å². The second kappa shape index (κ2) is 5.44. The van der Waals surface area contributed by atoms with E-state index in [9.17, 15) is 5.11 Å². The van der Waals surface area contributed by atoms with Crippen LogP contribution >= 0.6 is 15.9 Å². The van der Waals surface area contributed by atoms with Crippen molar-refractivity contribution in [2.24, 2.45) is 0 Å². The lowest BCUT2D eigenvalue weighted by Crippen LogP contribution is -1.97. The molecular formula is C13H13BrO3. The Labute approximate surface area is 109 Å². The number of hydrogen-bond acceptors (Lipinski definition) is 3. The highest BCUT2D eigenvalue weighted by atomic mass is 79.9. The number of aliphatic hydroxyl groups excluding tert-OH is 1. The molecule has 17 heavy (non-hydrogen) atoms. The molecule has 1 heterocycles. The van der Waals surface area contributed by atoms with E-state index < -0.39 is 6.10 Å². The normalized spacial score (nSPS) is 14.4. The van der Waals surface area contributed by atoms with E-state index >= 15 is 0 Å². The summed E-state index contributed by atoms with van der Waals surface area (Å²) in [6.07, 6.45) is 6.80. The summed E-state index contributed by atoms with van der Waals surface area (Å²) in [5.74, 6) is 3.93. The molecule has 3 nitrogen and oxygen atoms in total. The number of benzene rings is 1. The fraction of sp³-hybridized carbons (Fsp3) is 0.385. The van der Waals surface area contributed by atoms with E-state index in [1.807, 2.05) is 12.1 Å². The van der Waals surface area contributed by atoms with Crippen molar-refractivity contribution in [2.45, 2.75) is 25.4 Å². The highest BCUT2D eigenvalue weighted by Gasteiger charge is 2.20. The number of unbranched alkanes of at least 4 members (excludes halogenated alkanes) is 1. The van der Waals surface area contributed by atoms with Crippen LogP contribution in [0, 0.1) is 12.3 Å². The van der Waals surface area contributed by atoms with E-state index in [1.54, 1.807) is 0 Å². The van der Waals surface area contributed by atoms with Crippen LogP contribution in [0.5, 0.6) is 11.5 Å². The van der Waals surface area contributed by atoms with E-state index in [-0.39, 0.29) is 6.79 Å². The van der Waals surface area contributed by atoms with Crippen molar-refractivity contribution in [3.8, 4) is 23.8 Å². The molecule has 1 aliphatic heterocycles. The molecule has 2 rings (SSSR count). The van der Waals surface area contributed by atoms with Crippen LogP contribution in [0.15, 0.2) is 16.6 Å². The molecule has 0 saturated carbocycles. The number of halogens is 1. The maximum Gasteiger partial charge on any atom is 0.231 e. The molecule has 0 aromatic heterocycles. The van der Waals surface area contributed by atoms with E-state index in [2.05, 4.69) is 21.9 Å². The molecule has 0 radical (unpaired) electrons. The van der Waals surface area contributed by atoms with Gasteiger partial charge in [0, 0.05) is 6.42 Å². The molecule has 0 fully saturated rings. The average molecular weight is 297 g/mol. The van der Waals surface area contributed by atoms with Gasteiger partial charge in [0.05, 0.1) is 10.6 Å². The first-order chi connectivity index (χ1) is 8.22. The summed E-state index contributed by atoms with van der Waals surface area (Å²) in [7, 11) is 0. The van der Waals surface area contributed by atoms with Crippen LogP contribution < -0.4 is 9.47 Å². The molecular weight excluding hydrogens is 284 g/mol. The number of fused-ring (bicyclic) bond motifs is 1. The van der Waals surface area contributed by atoms with Gasteiger partial charge >= 0.3 is 0 Å². The largest absolute Gasteiger partial charge is 0.454 e. The Bertz CT molecular complexity index is 451. The van der Waals surface area contributed by atoms with Crippen molar-refractivity contribution in [3.63, 3.8) is 0 Å². The molecule has 0 saturated heterocycles. The zero-order chi connectivity index (χ0) is 12.3. The van der Waals surface area contributed by atoms with Crippen LogP contribution in [0.1, 0.15) is 30.9 Å². The summed E-state index contributed by atoms with van der Waals surface area (Å²) in [5.41, 5.74) is 0.818. The number of hydrogen-bond donors (Lipinski definition) is 1. The quantitative estimate of drug-likeness (QED) is 0.686. The van der Waals surface area contributed by atoms with Gasteiger partial charge in [0.2, 0.25) is 6.79 Å². The van der Waals surface area contributed by atoms with Crippen molar-refractivity contribution < 1.29 is 14.6 Å². The van der Waals surface area contributed by atoms with Gasteiger partial charge in [-0.1, -0.05) is 0 Å². The fourth-order valence-electron chi connectivity index (χ4n) is 1.74. The fourth-order valence-corrected chi connectivity index (χ4v) is 2.32. The van der Waals surface area contributed by atoms with E-state index in [0.717, 1.165) is 16.5 Å². The second-order valence-electron chi connectivity index (χ2n) is 3.85. The molecule has 0 aliphatic carbocycles. The molecule has 1 aliphatic rings. The summed E-state index contributed by atoms with van der Waals surface area (Å²) in [6, 6.07) is 3.67. The summed E-state index contributed by atoms with van der Waals surface area (Å²) in [5, 5.41) is 10.0. The van der Waals surface area contributed by atoms with Crippen LogP contribution in [0.3, 0.4) is 0 Å². The third-order valence-corrected chi connectivity index (χ3v) is 3.22. The van der Waals surface area contributed by atoms with Gasteiger partial charge < -0.3 is 14.6 Å². The Hall–Kier alpha value is -1.18. The molecule has 1 unspecified atom stereocenters. The number of terminal acetylenes is 1. The Morgan fingerprint density at radius 1 is 1.47 bits per heavy atom. The Kier molecular flexibility index (Phi) is 3.93. The number of aliphatic hydroxyl groups is 1. The maximum absolute atomic E-state index is 10.0. The van der Waals surface area contributed by atoms with E-state index in [4.69, 9.17) is 15.9 Å². The van der Waals surface area contributed by atoms with Gasteiger partial charge in [-0.05, 0) is 46.5 Å². The van der Waals surface area contributed by atoms with E-state index in [0.29, 0.717) is 24.3 Å². The van der Waals surface area contributed by atoms with Crippen molar-refractivity contribution in [1.82, 2.24) is 0 Å². The third-order valence-electron chi connectivity index (χ3n) is 2.63. The predicted octanol–water partition coefficient (Wildman–Crippen LogP) is 3.01. The van der Waals surface area contributed by atoms with Gasteiger partial charge in [0.1, 0.15) is 0 Å². The van der Waals surface area contributed by atoms with Crippen LogP contribution in [0.25, 0.3) is 0 Å². The zero-order valence-electron chi connectivity index (χ0n) is 9.28. The molecule has 0 spiro atoms. The second-order valence-corrected chi connectivity index (χ2v) is 4.70. The summed E-state index contributed by atoms with van der Waals surface area (Å²) < 4.78 is 11.4. The van der Waals surface area contributed by atoms with Gasteiger partial charge in [0.25, 0.3) is 0 Å². The first-order valence-corrected chi connectivity index (χ1v) is 6.22. The highest BCUT2D eigenvalue weighted by Crippen LogP contribution is 2.41. The topological polar surface area (TPSA) is 38.7 Å². The number of rotatable bonds is 4. The minimum absolute atomic E-state index is 0.227. The van der Waals surface area contributed by atoms with Crippen LogP contribution in [-0.4, -0.2) is 11.9 Å². The first kappa shape index (κ1) is 12.3. The molecule has 1 aromatic carbocycles. The standard InChI is InChI=1S/C13H13BrO3/c1-2-3-4-5-11(15)9-6-10(14)13-12(7-9)16-8-17-13/h1,6-7,11,15H,3-5,8H2. The molecule has 0 bridgehead atoms. The van der Waals surface area contributed by atoms with Crippen molar-refractivity contribution >= 4 is 15.9 Å². The molecule has 90 valence electrons. The monoisotopic (exact) mass is 296 g/mol. The smallest absolute Gasteiger partial charge is 0.231 e. The molecule has 0 amide bonds. The summed E-state index contributed by atoms with van der Waals surface area (Å²) in [4.78, 5) is 0. The molecule has 1 N–H and O–H groups in total. The number of ether oxygens (including phenoxy) is 2. The Morgan fingerprint density at radius 2 is 2.29 bits per heavy atom. The van der Waals surface area contributed by atoms with Gasteiger partial charge in [-0.3, -0.25) is 0 Å². The Morgan fingerprint density at radius 3 is 3.06 bits per heavy atom. The Balaban J connectivity index is 2.11. The minimum Gasteiger partial charge on any atom is -0.454 e. The molecule has 1 aromatic rings. The zero-order valence-corrected chi connectivity index (χ0v) is 10.9. The SMILES string of the molecule is C#CCCCC(O)c1cc(Br)c2c(c1)OCO2. The van der Waals surface area contributed by atoms with Crippen molar-refractivity contribution in [2.75, 3.05) is 6.79 Å². The summed E-state index contributed by atoms with van der Waals surface area (Å²) in [6.45, 7) is 0.227. The maximum atomic E-state index is 10.0. The van der Waals surface area contributed by atoms with Crippen LogP contribution in [-0.2, 0) is 0 Å². The van der Waals surface area contributed by atoms with Crippen molar-refractivity contribution in [3.05, 3.63) is 22.2 Å². The lowest BCUT2D eigenvalue weighted by Gasteiger charge is -2.11. The van der Waals surface area contributed by atoms with E-state index in [1.165, 1.54) is 0 Å². The van der Waals surface area contributed by atoms with Gasteiger partial charge in [-0.25, -0.2) is 0 Å². The average Bonchev–Trinajstić information content (AvgIpc) is 2.77. The minimum atomic E-state index is -0.519.